The SMILES string of the molecule is COCCOCCCOC(CBr)c1ccccc1Br. The second kappa shape index (κ2) is 10.8. The Morgan fingerprint density at radius 1 is 1.11 bits per heavy atom. The van der Waals surface area contributed by atoms with Gasteiger partial charge in [0.2, 0.25) is 0 Å². The average Bonchev–Trinajstić information content (AvgIpc) is 2.43. The molecule has 1 aromatic rings. The van der Waals surface area contributed by atoms with Gasteiger partial charge in [-0.1, -0.05) is 50.1 Å². The molecule has 108 valence electrons. The number of benzene rings is 1. The molecule has 0 saturated carbocycles. The third kappa shape index (κ3) is 6.86. The Morgan fingerprint density at radius 2 is 1.89 bits per heavy atom. The molecule has 0 aliphatic heterocycles. The highest BCUT2D eigenvalue weighted by atomic mass is 79.9. The third-order valence-electron chi connectivity index (χ3n) is 2.58. The molecule has 1 aromatic carbocycles. The maximum Gasteiger partial charge on any atom is 0.0932 e. The molecule has 19 heavy (non-hydrogen) atoms. The zero-order valence-electron chi connectivity index (χ0n) is 11.1. The van der Waals surface area contributed by atoms with E-state index in [-0.39, 0.29) is 6.10 Å². The molecule has 0 spiro atoms. The second-order valence-corrected chi connectivity index (χ2v) is 5.50. The Balaban J connectivity index is 2.24. The molecule has 3 nitrogen and oxygen atoms in total. The summed E-state index contributed by atoms with van der Waals surface area (Å²) in [5.74, 6) is 0. The lowest BCUT2D eigenvalue weighted by Gasteiger charge is -2.17. The normalized spacial score (nSPS) is 12.6. The molecule has 1 atom stereocenters. The number of rotatable bonds is 10. The van der Waals surface area contributed by atoms with Crippen molar-refractivity contribution in [1.29, 1.82) is 0 Å². The third-order valence-corrected chi connectivity index (χ3v) is 3.89. The summed E-state index contributed by atoms with van der Waals surface area (Å²) < 4.78 is 17.3. The minimum Gasteiger partial charge on any atom is -0.382 e. The molecular formula is C14H20Br2O3. The molecule has 0 radical (unpaired) electrons. The lowest BCUT2D eigenvalue weighted by molar-refractivity contribution is 0.0314. The van der Waals surface area contributed by atoms with E-state index in [1.807, 2.05) is 18.2 Å². The number of methoxy groups -OCH3 is 1. The second-order valence-electron chi connectivity index (χ2n) is 3.99. The van der Waals surface area contributed by atoms with Gasteiger partial charge in [-0.25, -0.2) is 0 Å². The van der Waals surface area contributed by atoms with Crippen LogP contribution in [-0.4, -0.2) is 38.9 Å². The van der Waals surface area contributed by atoms with E-state index in [0.29, 0.717) is 26.4 Å². The molecule has 0 aliphatic carbocycles. The zero-order valence-corrected chi connectivity index (χ0v) is 14.3. The van der Waals surface area contributed by atoms with E-state index in [1.165, 1.54) is 5.56 Å². The summed E-state index contributed by atoms with van der Waals surface area (Å²) in [4.78, 5) is 0. The lowest BCUT2D eigenvalue weighted by atomic mass is 10.1. The van der Waals surface area contributed by atoms with E-state index >= 15 is 0 Å². The molecule has 1 unspecified atom stereocenters. The molecule has 0 N–H and O–H groups in total. The molecule has 0 fully saturated rings. The fraction of sp³-hybridized carbons (Fsp3) is 0.571. The Hall–Kier alpha value is 0.0600. The standard InChI is InChI=1S/C14H20Br2O3/c1-17-9-10-18-7-4-8-19-14(11-15)12-5-2-3-6-13(12)16/h2-3,5-6,14H,4,7-11H2,1H3. The van der Waals surface area contributed by atoms with Crippen LogP contribution in [0.3, 0.4) is 0 Å². The van der Waals surface area contributed by atoms with Crippen LogP contribution in [0.2, 0.25) is 0 Å². The first-order chi connectivity index (χ1) is 9.29. The minimum atomic E-state index is 0.0644. The maximum absolute atomic E-state index is 5.88. The average molecular weight is 396 g/mol. The van der Waals surface area contributed by atoms with Crippen LogP contribution in [0.15, 0.2) is 28.7 Å². The van der Waals surface area contributed by atoms with Crippen molar-refractivity contribution in [3.8, 4) is 0 Å². The summed E-state index contributed by atoms with van der Waals surface area (Å²) in [5, 5.41) is 0.778. The van der Waals surface area contributed by atoms with Crippen LogP contribution in [0.5, 0.6) is 0 Å². The summed E-state index contributed by atoms with van der Waals surface area (Å²) in [6.45, 7) is 2.67. The van der Waals surface area contributed by atoms with Gasteiger partial charge in [0, 0.05) is 30.1 Å². The molecule has 5 heteroatoms. The van der Waals surface area contributed by atoms with Crippen LogP contribution in [0, 0.1) is 0 Å². The van der Waals surface area contributed by atoms with Gasteiger partial charge in [-0.05, 0) is 18.1 Å². The summed E-state index contributed by atoms with van der Waals surface area (Å²) in [6, 6.07) is 8.13. The number of ether oxygens (including phenoxy) is 3. The van der Waals surface area contributed by atoms with Crippen molar-refractivity contribution in [1.82, 2.24) is 0 Å². The highest BCUT2D eigenvalue weighted by Crippen LogP contribution is 2.27. The predicted molar refractivity (Wildman–Crippen MR) is 83.9 cm³/mol. The first-order valence-electron chi connectivity index (χ1n) is 6.28. The van der Waals surface area contributed by atoms with E-state index in [2.05, 4.69) is 37.9 Å². The Kier molecular flexibility index (Phi) is 9.73. The largest absolute Gasteiger partial charge is 0.382 e. The molecule has 0 saturated heterocycles. The van der Waals surface area contributed by atoms with Gasteiger partial charge in [-0.3, -0.25) is 0 Å². The summed E-state index contributed by atoms with van der Waals surface area (Å²) >= 11 is 7.05. The molecule has 0 aromatic heterocycles. The highest BCUT2D eigenvalue weighted by molar-refractivity contribution is 9.10. The van der Waals surface area contributed by atoms with Gasteiger partial charge in [-0.15, -0.1) is 0 Å². The molecule has 0 aliphatic rings. The molecule has 1 rings (SSSR count). The van der Waals surface area contributed by atoms with E-state index in [0.717, 1.165) is 16.2 Å². The summed E-state index contributed by atoms with van der Waals surface area (Å²) in [7, 11) is 1.67. The minimum absolute atomic E-state index is 0.0644. The van der Waals surface area contributed by atoms with Gasteiger partial charge in [-0.2, -0.15) is 0 Å². The molecule has 0 amide bonds. The van der Waals surface area contributed by atoms with Gasteiger partial charge in [0.15, 0.2) is 0 Å². The van der Waals surface area contributed by atoms with Crippen LogP contribution < -0.4 is 0 Å². The van der Waals surface area contributed by atoms with Crippen LogP contribution in [0.25, 0.3) is 0 Å². The smallest absolute Gasteiger partial charge is 0.0932 e. The first-order valence-corrected chi connectivity index (χ1v) is 8.19. The lowest BCUT2D eigenvalue weighted by Crippen LogP contribution is -2.10. The van der Waals surface area contributed by atoms with Gasteiger partial charge < -0.3 is 14.2 Å². The van der Waals surface area contributed by atoms with E-state index < -0.39 is 0 Å². The highest BCUT2D eigenvalue weighted by Gasteiger charge is 2.12. The fourth-order valence-electron chi connectivity index (χ4n) is 1.58. The maximum atomic E-state index is 5.88. The molecule has 0 heterocycles. The number of alkyl halides is 1. The van der Waals surface area contributed by atoms with Crippen molar-refractivity contribution in [2.75, 3.05) is 38.9 Å². The Bertz CT molecular complexity index is 347. The van der Waals surface area contributed by atoms with Gasteiger partial charge in [0.25, 0.3) is 0 Å². The van der Waals surface area contributed by atoms with Gasteiger partial charge in [0.05, 0.1) is 19.3 Å². The van der Waals surface area contributed by atoms with Crippen molar-refractivity contribution in [3.63, 3.8) is 0 Å². The number of hydrogen-bond donors (Lipinski definition) is 0. The van der Waals surface area contributed by atoms with Crippen LogP contribution in [0.4, 0.5) is 0 Å². The van der Waals surface area contributed by atoms with Gasteiger partial charge >= 0.3 is 0 Å². The summed E-state index contributed by atoms with van der Waals surface area (Å²) in [6.07, 6.45) is 0.951. The number of hydrogen-bond acceptors (Lipinski definition) is 3. The van der Waals surface area contributed by atoms with Crippen LogP contribution in [0.1, 0.15) is 18.1 Å². The van der Waals surface area contributed by atoms with Crippen molar-refractivity contribution < 1.29 is 14.2 Å². The topological polar surface area (TPSA) is 27.7 Å². The van der Waals surface area contributed by atoms with Crippen LogP contribution >= 0.6 is 31.9 Å². The summed E-state index contributed by atoms with van der Waals surface area (Å²) in [5.41, 5.74) is 1.17. The number of halogens is 2. The fourth-order valence-corrected chi connectivity index (χ4v) is 2.66. The first kappa shape index (κ1) is 17.1. The monoisotopic (exact) mass is 394 g/mol. The zero-order chi connectivity index (χ0) is 13.9. The van der Waals surface area contributed by atoms with Crippen molar-refractivity contribution in [3.05, 3.63) is 34.3 Å². The van der Waals surface area contributed by atoms with Crippen molar-refractivity contribution in [2.24, 2.45) is 0 Å². The van der Waals surface area contributed by atoms with Gasteiger partial charge in [0.1, 0.15) is 0 Å². The van der Waals surface area contributed by atoms with Crippen LogP contribution in [-0.2, 0) is 14.2 Å². The van der Waals surface area contributed by atoms with E-state index in [1.54, 1.807) is 7.11 Å². The molecular weight excluding hydrogens is 376 g/mol. The molecule has 0 bridgehead atoms. The Morgan fingerprint density at radius 3 is 2.58 bits per heavy atom. The van der Waals surface area contributed by atoms with Crippen molar-refractivity contribution in [2.45, 2.75) is 12.5 Å². The van der Waals surface area contributed by atoms with E-state index in [4.69, 9.17) is 14.2 Å². The Labute approximate surface area is 131 Å². The van der Waals surface area contributed by atoms with Crippen molar-refractivity contribution >= 4 is 31.9 Å². The quantitative estimate of drug-likeness (QED) is 0.443. The van der Waals surface area contributed by atoms with E-state index in [9.17, 15) is 0 Å². The predicted octanol–water partition coefficient (Wildman–Crippen LogP) is 3.95.